The summed E-state index contributed by atoms with van der Waals surface area (Å²) in [5, 5.41) is 0. The van der Waals surface area contributed by atoms with E-state index < -0.39 is 0 Å². The second kappa shape index (κ2) is 6.78. The van der Waals surface area contributed by atoms with Crippen molar-refractivity contribution >= 4 is 5.82 Å². The van der Waals surface area contributed by atoms with Gasteiger partial charge in [0.05, 0.1) is 19.1 Å². The van der Waals surface area contributed by atoms with E-state index in [0.29, 0.717) is 5.88 Å². The zero-order chi connectivity index (χ0) is 16.2. The van der Waals surface area contributed by atoms with E-state index in [1.165, 1.54) is 4.57 Å². The van der Waals surface area contributed by atoms with Crippen LogP contribution in [0.25, 0.3) is 0 Å². The van der Waals surface area contributed by atoms with Crippen LogP contribution in [0.2, 0.25) is 0 Å². The summed E-state index contributed by atoms with van der Waals surface area (Å²) in [5.74, 6) is 1.40. The minimum absolute atomic E-state index is 0.0296. The van der Waals surface area contributed by atoms with E-state index in [-0.39, 0.29) is 5.56 Å². The van der Waals surface area contributed by atoms with Crippen LogP contribution in [0.15, 0.2) is 35.4 Å². The normalized spacial score (nSPS) is 15.7. The molecule has 0 aromatic carbocycles. The molecule has 3 heterocycles. The zero-order valence-corrected chi connectivity index (χ0v) is 13.5. The molecule has 0 radical (unpaired) electrons. The van der Waals surface area contributed by atoms with Crippen molar-refractivity contribution in [2.75, 3.05) is 38.2 Å². The third-order valence-corrected chi connectivity index (χ3v) is 4.04. The van der Waals surface area contributed by atoms with Gasteiger partial charge in [0.1, 0.15) is 5.82 Å². The average Bonchev–Trinajstić information content (AvgIpc) is 2.58. The maximum atomic E-state index is 11.7. The van der Waals surface area contributed by atoms with Gasteiger partial charge in [-0.05, 0) is 6.07 Å². The molecule has 0 atom stereocenters. The van der Waals surface area contributed by atoms with E-state index >= 15 is 0 Å². The van der Waals surface area contributed by atoms with E-state index in [2.05, 4.69) is 19.8 Å². The van der Waals surface area contributed by atoms with Gasteiger partial charge in [0.25, 0.3) is 5.56 Å². The number of pyridine rings is 1. The second-order valence-corrected chi connectivity index (χ2v) is 5.63. The predicted octanol–water partition coefficient (Wildman–Crippen LogP) is 0.506. The fourth-order valence-corrected chi connectivity index (χ4v) is 2.65. The summed E-state index contributed by atoms with van der Waals surface area (Å²) in [6.45, 7) is 4.33. The molecule has 1 fully saturated rings. The van der Waals surface area contributed by atoms with Gasteiger partial charge in [0.2, 0.25) is 5.88 Å². The van der Waals surface area contributed by atoms with Crippen LogP contribution >= 0.6 is 0 Å². The van der Waals surface area contributed by atoms with Gasteiger partial charge >= 0.3 is 0 Å². The van der Waals surface area contributed by atoms with Gasteiger partial charge in [0.15, 0.2) is 0 Å². The molecule has 2 aromatic heterocycles. The quantitative estimate of drug-likeness (QED) is 0.819. The Hall–Kier alpha value is -2.41. The number of aromatic nitrogens is 3. The molecule has 122 valence electrons. The van der Waals surface area contributed by atoms with Crippen molar-refractivity contribution in [1.82, 2.24) is 19.4 Å². The number of hydrogen-bond acceptors (Lipinski definition) is 6. The summed E-state index contributed by atoms with van der Waals surface area (Å²) >= 11 is 0. The molecule has 3 rings (SSSR count). The molecule has 0 aliphatic carbocycles. The minimum atomic E-state index is -0.0296. The van der Waals surface area contributed by atoms with Gasteiger partial charge in [-0.3, -0.25) is 9.69 Å². The van der Waals surface area contributed by atoms with Crippen LogP contribution < -0.4 is 15.2 Å². The molecular formula is C16H21N5O2. The van der Waals surface area contributed by atoms with Crippen molar-refractivity contribution in [1.29, 1.82) is 0 Å². The average molecular weight is 315 g/mol. The Morgan fingerprint density at radius 3 is 2.70 bits per heavy atom. The van der Waals surface area contributed by atoms with Crippen LogP contribution in [0.1, 0.15) is 5.69 Å². The van der Waals surface area contributed by atoms with Gasteiger partial charge in [-0.15, -0.1) is 0 Å². The van der Waals surface area contributed by atoms with Crippen molar-refractivity contribution in [3.05, 3.63) is 46.6 Å². The van der Waals surface area contributed by atoms with Crippen LogP contribution in [0.4, 0.5) is 5.82 Å². The molecule has 0 bridgehead atoms. The van der Waals surface area contributed by atoms with Gasteiger partial charge in [0, 0.05) is 51.9 Å². The summed E-state index contributed by atoms with van der Waals surface area (Å²) in [7, 11) is 3.33. The fourth-order valence-electron chi connectivity index (χ4n) is 2.65. The Labute approximate surface area is 135 Å². The molecule has 0 amide bonds. The smallest absolute Gasteiger partial charge is 0.255 e. The minimum Gasteiger partial charge on any atom is -0.481 e. The summed E-state index contributed by atoms with van der Waals surface area (Å²) in [6.07, 6.45) is 1.57. The summed E-state index contributed by atoms with van der Waals surface area (Å²) in [5.41, 5.74) is 0.975. The first-order chi connectivity index (χ1) is 11.2. The topological polar surface area (TPSA) is 63.5 Å². The second-order valence-electron chi connectivity index (χ2n) is 5.63. The number of ether oxygens (including phenoxy) is 1. The first-order valence-electron chi connectivity index (χ1n) is 7.65. The number of aryl methyl sites for hydroxylation is 1. The van der Waals surface area contributed by atoms with Crippen molar-refractivity contribution in [2.45, 2.75) is 6.54 Å². The Kier molecular flexibility index (Phi) is 4.57. The lowest BCUT2D eigenvalue weighted by atomic mass is 10.2. The Bertz CT molecular complexity index is 722. The van der Waals surface area contributed by atoms with Crippen LogP contribution in [-0.2, 0) is 13.6 Å². The summed E-state index contributed by atoms with van der Waals surface area (Å²) in [6, 6.07) is 7.42. The monoisotopic (exact) mass is 315 g/mol. The number of nitrogens with zero attached hydrogens (tertiary/aromatic N) is 5. The summed E-state index contributed by atoms with van der Waals surface area (Å²) in [4.78, 5) is 25.0. The highest BCUT2D eigenvalue weighted by Gasteiger charge is 2.19. The Morgan fingerprint density at radius 2 is 2.00 bits per heavy atom. The zero-order valence-electron chi connectivity index (χ0n) is 13.5. The predicted molar refractivity (Wildman–Crippen MR) is 87.8 cm³/mol. The molecule has 1 saturated heterocycles. The van der Waals surface area contributed by atoms with Gasteiger partial charge in [-0.25, -0.2) is 9.97 Å². The third kappa shape index (κ3) is 3.68. The molecule has 0 unspecified atom stereocenters. The third-order valence-electron chi connectivity index (χ3n) is 4.04. The van der Waals surface area contributed by atoms with E-state index in [9.17, 15) is 4.79 Å². The highest BCUT2D eigenvalue weighted by molar-refractivity contribution is 5.37. The molecule has 7 nitrogen and oxygen atoms in total. The van der Waals surface area contributed by atoms with E-state index in [1.807, 2.05) is 18.2 Å². The molecule has 1 aliphatic rings. The van der Waals surface area contributed by atoms with E-state index in [4.69, 9.17) is 4.74 Å². The molecule has 23 heavy (non-hydrogen) atoms. The highest BCUT2D eigenvalue weighted by atomic mass is 16.5. The molecule has 0 N–H and O–H groups in total. The van der Waals surface area contributed by atoms with Crippen molar-refractivity contribution in [3.8, 4) is 5.88 Å². The number of methoxy groups -OCH3 is 1. The van der Waals surface area contributed by atoms with Gasteiger partial charge in [-0.1, -0.05) is 6.07 Å². The Morgan fingerprint density at radius 1 is 1.22 bits per heavy atom. The molecular weight excluding hydrogens is 294 g/mol. The number of piperazine rings is 1. The van der Waals surface area contributed by atoms with Crippen LogP contribution in [0.3, 0.4) is 0 Å². The van der Waals surface area contributed by atoms with Crippen LogP contribution in [-0.4, -0.2) is 52.7 Å². The molecule has 0 spiro atoms. The first-order valence-corrected chi connectivity index (χ1v) is 7.65. The van der Waals surface area contributed by atoms with E-state index in [1.54, 1.807) is 26.6 Å². The molecule has 1 aliphatic heterocycles. The van der Waals surface area contributed by atoms with E-state index in [0.717, 1.165) is 44.2 Å². The summed E-state index contributed by atoms with van der Waals surface area (Å²) < 4.78 is 6.64. The highest BCUT2D eigenvalue weighted by Crippen LogP contribution is 2.14. The maximum Gasteiger partial charge on any atom is 0.255 e. The lowest BCUT2D eigenvalue weighted by Crippen LogP contribution is -2.46. The Balaban J connectivity index is 1.59. The van der Waals surface area contributed by atoms with Crippen molar-refractivity contribution < 1.29 is 4.74 Å². The number of rotatable bonds is 4. The van der Waals surface area contributed by atoms with Crippen molar-refractivity contribution in [2.24, 2.45) is 7.05 Å². The van der Waals surface area contributed by atoms with Gasteiger partial charge < -0.3 is 14.2 Å². The van der Waals surface area contributed by atoms with Crippen molar-refractivity contribution in [3.63, 3.8) is 0 Å². The maximum absolute atomic E-state index is 11.7. The fraction of sp³-hybridized carbons (Fsp3) is 0.438. The number of hydrogen-bond donors (Lipinski definition) is 0. The largest absolute Gasteiger partial charge is 0.481 e. The lowest BCUT2D eigenvalue weighted by molar-refractivity contribution is 0.245. The van der Waals surface area contributed by atoms with Crippen LogP contribution in [0, 0.1) is 0 Å². The SMILES string of the molecule is COc1cccc(CN2CCN(c3cc(=O)n(C)cn3)CC2)n1. The standard InChI is InChI=1S/C16H21N5O2/c1-19-12-17-14(10-16(19)22)21-8-6-20(7-9-21)11-13-4-3-5-15(18-13)23-2/h3-5,10,12H,6-9,11H2,1-2H3. The first kappa shape index (κ1) is 15.5. The lowest BCUT2D eigenvalue weighted by Gasteiger charge is -2.35. The van der Waals surface area contributed by atoms with Gasteiger partial charge in [-0.2, -0.15) is 0 Å². The number of anilines is 1. The van der Waals surface area contributed by atoms with Crippen LogP contribution in [0.5, 0.6) is 5.88 Å². The molecule has 0 saturated carbocycles. The molecule has 7 heteroatoms. The molecule has 2 aromatic rings.